The zero-order chi connectivity index (χ0) is 13.7. The molecule has 1 heterocycles. The number of nitrogens with zero attached hydrogens (tertiary/aromatic N) is 1. The zero-order valence-corrected chi connectivity index (χ0v) is 11.3. The van der Waals surface area contributed by atoms with Gasteiger partial charge in [0.25, 0.3) is 0 Å². The number of hydrogen-bond acceptors (Lipinski definition) is 4. The van der Waals surface area contributed by atoms with Crippen molar-refractivity contribution in [1.82, 2.24) is 4.90 Å². The summed E-state index contributed by atoms with van der Waals surface area (Å²) in [4.78, 5) is 2.23. The third-order valence-electron chi connectivity index (χ3n) is 2.88. The molecule has 0 aliphatic carbocycles. The normalized spacial score (nSPS) is 25.6. The minimum absolute atomic E-state index is 0.198. The quantitative estimate of drug-likeness (QED) is 0.580. The maximum atomic E-state index is 8.95. The molecule has 0 unspecified atom stereocenters. The van der Waals surface area contributed by atoms with Crippen LogP contribution in [0.4, 0.5) is 0 Å². The van der Waals surface area contributed by atoms with Crippen LogP contribution in [0.2, 0.25) is 0 Å². The van der Waals surface area contributed by atoms with Gasteiger partial charge < -0.3 is 19.7 Å². The van der Waals surface area contributed by atoms with E-state index in [2.05, 4.69) is 25.3 Å². The van der Waals surface area contributed by atoms with Gasteiger partial charge in [-0.3, -0.25) is 0 Å². The topological polar surface area (TPSA) is 52.9 Å². The second kappa shape index (κ2) is 6.78. The summed E-state index contributed by atoms with van der Waals surface area (Å²) in [6.07, 6.45) is 5.88. The summed E-state index contributed by atoms with van der Waals surface area (Å²) in [5.41, 5.74) is 1.32. The van der Waals surface area contributed by atoms with Crippen LogP contribution in [0.1, 0.15) is 20.8 Å². The van der Waals surface area contributed by atoms with Crippen molar-refractivity contribution in [3.8, 4) is 0 Å². The molecule has 1 aliphatic heterocycles. The summed E-state index contributed by atoms with van der Waals surface area (Å²) < 4.78 is 5.68. The fraction of sp³-hybridized carbons (Fsp3) is 0.538. The van der Waals surface area contributed by atoms with Crippen molar-refractivity contribution >= 4 is 7.12 Å². The first-order valence-electron chi connectivity index (χ1n) is 6.23. The Labute approximate surface area is 109 Å². The van der Waals surface area contributed by atoms with Crippen molar-refractivity contribution in [2.24, 2.45) is 0 Å². The van der Waals surface area contributed by atoms with Gasteiger partial charge in [-0.15, -0.1) is 0 Å². The van der Waals surface area contributed by atoms with Gasteiger partial charge in [-0.25, -0.2) is 0 Å². The first-order chi connectivity index (χ1) is 8.43. The van der Waals surface area contributed by atoms with Gasteiger partial charge in [0.05, 0.1) is 12.2 Å². The molecule has 1 fully saturated rings. The smallest absolute Gasteiger partial charge is 0.423 e. The summed E-state index contributed by atoms with van der Waals surface area (Å²) in [5, 5.41) is 17.9. The van der Waals surface area contributed by atoms with E-state index in [4.69, 9.17) is 14.8 Å². The second-order valence-corrected chi connectivity index (χ2v) is 4.66. The molecule has 1 rings (SSSR count). The van der Waals surface area contributed by atoms with Crippen molar-refractivity contribution < 1.29 is 14.8 Å². The van der Waals surface area contributed by atoms with Gasteiger partial charge in [-0.1, -0.05) is 18.7 Å². The van der Waals surface area contributed by atoms with Crippen LogP contribution in [0, 0.1) is 0 Å². The molecule has 0 saturated carbocycles. The molecular formula is C13H22BNO3. The molecule has 0 aromatic heterocycles. The number of allylic oxidation sites excluding steroid dienone is 4. The van der Waals surface area contributed by atoms with Gasteiger partial charge >= 0.3 is 7.12 Å². The van der Waals surface area contributed by atoms with E-state index in [9.17, 15) is 0 Å². The maximum absolute atomic E-state index is 8.95. The lowest BCUT2D eigenvalue weighted by Crippen LogP contribution is -2.44. The average molecular weight is 251 g/mol. The van der Waals surface area contributed by atoms with Crippen LogP contribution < -0.4 is 0 Å². The molecular weight excluding hydrogens is 229 g/mol. The molecule has 4 nitrogen and oxygen atoms in total. The van der Waals surface area contributed by atoms with E-state index in [1.54, 1.807) is 6.08 Å². The molecule has 0 spiro atoms. The summed E-state index contributed by atoms with van der Waals surface area (Å²) >= 11 is 0. The highest BCUT2D eigenvalue weighted by atomic mass is 16.5. The van der Waals surface area contributed by atoms with Crippen molar-refractivity contribution in [2.45, 2.75) is 33.0 Å². The Balaban J connectivity index is 2.69. The summed E-state index contributed by atoms with van der Waals surface area (Å²) in [6, 6.07) is 0. The summed E-state index contributed by atoms with van der Waals surface area (Å²) in [6.45, 7) is 11.3. The zero-order valence-electron chi connectivity index (χ0n) is 11.3. The molecule has 0 aromatic carbocycles. The highest BCUT2D eigenvalue weighted by Gasteiger charge is 2.22. The third kappa shape index (κ3) is 4.33. The van der Waals surface area contributed by atoms with Gasteiger partial charge in [-0.05, 0) is 32.3 Å². The summed E-state index contributed by atoms with van der Waals surface area (Å²) in [7, 11) is -1.50. The Kier molecular flexibility index (Phi) is 5.66. The molecule has 0 radical (unpaired) electrons. The Hall–Kier alpha value is -1.04. The molecule has 5 heteroatoms. The van der Waals surface area contributed by atoms with Gasteiger partial charge in [-0.2, -0.15) is 0 Å². The van der Waals surface area contributed by atoms with Crippen LogP contribution in [0.3, 0.4) is 0 Å². The number of rotatable bonds is 4. The van der Waals surface area contributed by atoms with Crippen LogP contribution >= 0.6 is 0 Å². The average Bonchev–Trinajstić information content (AvgIpc) is 2.28. The SMILES string of the molecule is C=C(/C=C\C(=C/C)N1C[C@@H](C)O[C@@H](C)C1)B(O)O. The minimum atomic E-state index is -1.50. The molecule has 100 valence electrons. The molecule has 1 aliphatic rings. The molecule has 0 bridgehead atoms. The predicted octanol–water partition coefficient (Wildman–Crippen LogP) is 1.12. The van der Waals surface area contributed by atoms with Crippen molar-refractivity contribution in [3.05, 3.63) is 36.0 Å². The highest BCUT2D eigenvalue weighted by Crippen LogP contribution is 2.17. The lowest BCUT2D eigenvalue weighted by atomic mass is 9.80. The second-order valence-electron chi connectivity index (χ2n) is 4.66. The Morgan fingerprint density at radius 2 is 1.83 bits per heavy atom. The van der Waals surface area contributed by atoms with Gasteiger partial charge in [0, 0.05) is 18.8 Å². The number of morpholine rings is 1. The van der Waals surface area contributed by atoms with E-state index in [1.165, 1.54) is 0 Å². The molecule has 2 atom stereocenters. The van der Waals surface area contributed by atoms with Crippen molar-refractivity contribution in [1.29, 1.82) is 0 Å². The Morgan fingerprint density at radius 1 is 1.28 bits per heavy atom. The van der Waals surface area contributed by atoms with E-state index >= 15 is 0 Å². The first-order valence-corrected chi connectivity index (χ1v) is 6.23. The molecule has 1 saturated heterocycles. The van der Waals surface area contributed by atoms with Crippen LogP contribution in [-0.4, -0.2) is 47.4 Å². The number of ether oxygens (including phenoxy) is 1. The Morgan fingerprint density at radius 3 is 2.28 bits per heavy atom. The lowest BCUT2D eigenvalue weighted by molar-refractivity contribution is -0.0567. The minimum Gasteiger partial charge on any atom is -0.423 e. The molecule has 0 aromatic rings. The standard InChI is InChI=1S/C13H22BNO3/c1-5-13(7-6-10(2)14(16)17)15-8-11(3)18-12(4)9-15/h5-7,11-12,16-17H,2,8-9H2,1,3-4H3/b7-6-,13-5+/t11-,12+. The van der Waals surface area contributed by atoms with Crippen LogP contribution in [-0.2, 0) is 4.74 Å². The molecule has 2 N–H and O–H groups in total. The summed E-state index contributed by atoms with van der Waals surface area (Å²) in [5.74, 6) is 0. The highest BCUT2D eigenvalue weighted by molar-refractivity contribution is 6.51. The third-order valence-corrected chi connectivity index (χ3v) is 2.88. The maximum Gasteiger partial charge on any atom is 0.487 e. The van der Waals surface area contributed by atoms with Gasteiger partial charge in [0.2, 0.25) is 0 Å². The van der Waals surface area contributed by atoms with Gasteiger partial charge in [0.15, 0.2) is 0 Å². The van der Waals surface area contributed by atoms with Crippen LogP contribution in [0.5, 0.6) is 0 Å². The Bertz CT molecular complexity index is 342. The van der Waals surface area contributed by atoms with E-state index in [0.717, 1.165) is 18.8 Å². The number of hydrogen-bond donors (Lipinski definition) is 2. The van der Waals surface area contributed by atoms with Crippen molar-refractivity contribution in [2.75, 3.05) is 13.1 Å². The fourth-order valence-electron chi connectivity index (χ4n) is 2.05. The monoisotopic (exact) mass is 251 g/mol. The van der Waals surface area contributed by atoms with Crippen LogP contribution in [0.25, 0.3) is 0 Å². The predicted molar refractivity (Wildman–Crippen MR) is 73.8 cm³/mol. The lowest BCUT2D eigenvalue weighted by Gasteiger charge is -2.37. The van der Waals surface area contributed by atoms with Crippen LogP contribution in [0.15, 0.2) is 36.0 Å². The van der Waals surface area contributed by atoms with Crippen molar-refractivity contribution in [3.63, 3.8) is 0 Å². The van der Waals surface area contributed by atoms with E-state index < -0.39 is 7.12 Å². The molecule has 0 amide bonds. The fourth-order valence-corrected chi connectivity index (χ4v) is 2.05. The van der Waals surface area contributed by atoms with E-state index in [1.807, 2.05) is 19.1 Å². The largest absolute Gasteiger partial charge is 0.487 e. The van der Waals surface area contributed by atoms with Gasteiger partial charge in [0.1, 0.15) is 0 Å². The first kappa shape index (κ1) is 15.0. The molecule has 18 heavy (non-hydrogen) atoms. The van der Waals surface area contributed by atoms with E-state index in [-0.39, 0.29) is 17.7 Å². The van der Waals surface area contributed by atoms with E-state index in [0.29, 0.717) is 0 Å².